The number of methoxy groups -OCH3 is 1. The molecule has 0 spiro atoms. The van der Waals surface area contributed by atoms with E-state index in [1.807, 2.05) is 0 Å². The van der Waals surface area contributed by atoms with E-state index < -0.39 is 17.6 Å². The first-order chi connectivity index (χ1) is 15.9. The number of halogens is 2. The molecular formula is C24H17ClFN3O4. The molecule has 1 aliphatic rings. The number of hydrogen-bond acceptors (Lipinski definition) is 5. The van der Waals surface area contributed by atoms with Gasteiger partial charge in [0.2, 0.25) is 0 Å². The Balaban J connectivity index is 1.51. The van der Waals surface area contributed by atoms with Crippen LogP contribution in [0.5, 0.6) is 5.75 Å². The maximum atomic E-state index is 13.2. The van der Waals surface area contributed by atoms with Crippen LogP contribution in [-0.4, -0.2) is 24.8 Å². The van der Waals surface area contributed by atoms with Crippen molar-refractivity contribution in [2.24, 2.45) is 0 Å². The Bertz CT molecular complexity index is 1270. The lowest BCUT2D eigenvalue weighted by molar-refractivity contribution is -0.120. The van der Waals surface area contributed by atoms with Gasteiger partial charge in [-0.15, -0.1) is 0 Å². The summed E-state index contributed by atoms with van der Waals surface area (Å²) in [4.78, 5) is 38.9. The number of nitrogens with zero attached hydrogens (tertiary/aromatic N) is 1. The summed E-state index contributed by atoms with van der Waals surface area (Å²) in [5, 5.41) is 5.28. The number of benzene rings is 3. The Morgan fingerprint density at radius 1 is 0.939 bits per heavy atom. The summed E-state index contributed by atoms with van der Waals surface area (Å²) in [5.41, 5.74) is 1.33. The molecule has 33 heavy (non-hydrogen) atoms. The van der Waals surface area contributed by atoms with Gasteiger partial charge in [0.05, 0.1) is 12.8 Å². The summed E-state index contributed by atoms with van der Waals surface area (Å²) >= 11 is 6.13. The van der Waals surface area contributed by atoms with Crippen LogP contribution in [0.3, 0.4) is 0 Å². The molecule has 0 radical (unpaired) electrons. The van der Waals surface area contributed by atoms with Crippen LogP contribution in [0.4, 0.5) is 21.5 Å². The van der Waals surface area contributed by atoms with Gasteiger partial charge >= 0.3 is 0 Å². The Morgan fingerprint density at radius 3 is 2.30 bits per heavy atom. The molecule has 4 rings (SSSR count). The highest BCUT2D eigenvalue weighted by Crippen LogP contribution is 2.30. The maximum absolute atomic E-state index is 13.2. The molecule has 0 bridgehead atoms. The first-order valence-corrected chi connectivity index (χ1v) is 10.1. The van der Waals surface area contributed by atoms with Crippen molar-refractivity contribution in [1.82, 2.24) is 0 Å². The van der Waals surface area contributed by atoms with E-state index in [1.54, 1.807) is 49.6 Å². The highest BCUT2D eigenvalue weighted by Gasteiger charge is 2.39. The molecule has 0 unspecified atom stereocenters. The summed E-state index contributed by atoms with van der Waals surface area (Å²) in [6.07, 6.45) is 0. The summed E-state index contributed by atoms with van der Waals surface area (Å²) in [7, 11) is 1.55. The molecule has 0 fully saturated rings. The van der Waals surface area contributed by atoms with Crippen molar-refractivity contribution in [2.75, 3.05) is 22.6 Å². The van der Waals surface area contributed by atoms with E-state index in [1.165, 1.54) is 18.2 Å². The molecule has 3 aromatic carbocycles. The molecule has 7 nitrogen and oxygen atoms in total. The Hall–Kier alpha value is -4.17. The van der Waals surface area contributed by atoms with Gasteiger partial charge in [-0.25, -0.2) is 9.29 Å². The fourth-order valence-corrected chi connectivity index (χ4v) is 3.41. The van der Waals surface area contributed by atoms with Gasteiger partial charge < -0.3 is 15.4 Å². The molecule has 3 amide bonds. The minimum absolute atomic E-state index is 0.140. The number of ether oxygens (including phenoxy) is 1. The van der Waals surface area contributed by atoms with Crippen molar-refractivity contribution in [2.45, 2.75) is 0 Å². The molecule has 1 aliphatic heterocycles. The van der Waals surface area contributed by atoms with Crippen LogP contribution in [-0.2, 0) is 9.59 Å². The Morgan fingerprint density at radius 2 is 1.64 bits per heavy atom. The minimum Gasteiger partial charge on any atom is -0.497 e. The van der Waals surface area contributed by atoms with Crippen molar-refractivity contribution >= 4 is 46.4 Å². The van der Waals surface area contributed by atoms with Crippen LogP contribution in [0, 0.1) is 5.82 Å². The number of carbonyl (C=O) groups is 3. The SMILES string of the molecule is COc1ccc(NC(=O)c2cccc(NC3=C(Cl)C(=O)N(c4ccc(F)cc4)C3=O)c2)cc1. The number of carbonyl (C=O) groups excluding carboxylic acids is 3. The summed E-state index contributed by atoms with van der Waals surface area (Å²) in [6, 6.07) is 18.1. The molecule has 166 valence electrons. The molecule has 0 atom stereocenters. The second-order valence-electron chi connectivity index (χ2n) is 7.00. The lowest BCUT2D eigenvalue weighted by atomic mass is 10.1. The molecule has 3 aromatic rings. The highest BCUT2D eigenvalue weighted by atomic mass is 35.5. The van der Waals surface area contributed by atoms with Crippen LogP contribution in [0.2, 0.25) is 0 Å². The zero-order valence-electron chi connectivity index (χ0n) is 17.3. The van der Waals surface area contributed by atoms with E-state index >= 15 is 0 Å². The van der Waals surface area contributed by atoms with Crippen LogP contribution < -0.4 is 20.3 Å². The molecule has 9 heteroatoms. The summed E-state index contributed by atoms with van der Waals surface area (Å²) in [6.45, 7) is 0. The number of rotatable bonds is 6. The van der Waals surface area contributed by atoms with Crippen molar-refractivity contribution in [1.29, 1.82) is 0 Å². The summed E-state index contributed by atoms with van der Waals surface area (Å²) < 4.78 is 18.3. The molecule has 0 saturated carbocycles. The quantitative estimate of drug-likeness (QED) is 0.522. The highest BCUT2D eigenvalue weighted by molar-refractivity contribution is 6.53. The first kappa shape index (κ1) is 22.0. The second-order valence-corrected chi connectivity index (χ2v) is 7.38. The molecule has 0 saturated heterocycles. The van der Waals surface area contributed by atoms with Gasteiger partial charge in [-0.3, -0.25) is 14.4 Å². The van der Waals surface area contributed by atoms with Gasteiger partial charge in [-0.05, 0) is 66.7 Å². The third-order valence-corrected chi connectivity index (χ3v) is 5.20. The van der Waals surface area contributed by atoms with E-state index in [4.69, 9.17) is 16.3 Å². The smallest absolute Gasteiger partial charge is 0.283 e. The van der Waals surface area contributed by atoms with Crippen molar-refractivity contribution in [3.63, 3.8) is 0 Å². The molecule has 0 aliphatic carbocycles. The lowest BCUT2D eigenvalue weighted by Crippen LogP contribution is -2.32. The van der Waals surface area contributed by atoms with E-state index in [0.29, 0.717) is 22.7 Å². The average molecular weight is 466 g/mol. The molecular weight excluding hydrogens is 449 g/mol. The van der Waals surface area contributed by atoms with E-state index in [9.17, 15) is 18.8 Å². The largest absolute Gasteiger partial charge is 0.497 e. The van der Waals surface area contributed by atoms with Crippen LogP contribution in [0.25, 0.3) is 0 Å². The predicted octanol–water partition coefficient (Wildman–Crippen LogP) is 4.52. The lowest BCUT2D eigenvalue weighted by Gasteiger charge is -2.15. The molecule has 2 N–H and O–H groups in total. The molecule has 1 heterocycles. The molecule has 0 aromatic heterocycles. The van der Waals surface area contributed by atoms with Gasteiger partial charge in [0.15, 0.2) is 0 Å². The zero-order valence-corrected chi connectivity index (χ0v) is 18.0. The van der Waals surface area contributed by atoms with Gasteiger partial charge in [0.25, 0.3) is 17.7 Å². The number of hydrogen-bond donors (Lipinski definition) is 2. The fourth-order valence-electron chi connectivity index (χ4n) is 3.20. The maximum Gasteiger partial charge on any atom is 0.283 e. The van der Waals surface area contributed by atoms with Gasteiger partial charge in [0, 0.05) is 16.9 Å². The second kappa shape index (κ2) is 9.13. The number of amides is 3. The van der Waals surface area contributed by atoms with Crippen LogP contribution >= 0.6 is 11.6 Å². The standard InChI is InChI=1S/C24H17ClFN3O4/c1-33-19-11-7-16(8-12-19)28-22(30)14-3-2-4-17(13-14)27-21-20(25)23(31)29(24(21)32)18-9-5-15(26)6-10-18/h2-13,27H,1H3,(H,28,30). The third-order valence-electron chi connectivity index (χ3n) is 4.85. The van der Waals surface area contributed by atoms with Crippen molar-refractivity contribution < 1.29 is 23.5 Å². The number of imide groups is 1. The van der Waals surface area contributed by atoms with Gasteiger partial charge in [-0.2, -0.15) is 0 Å². The fraction of sp³-hybridized carbons (Fsp3) is 0.0417. The number of nitrogens with one attached hydrogen (secondary N) is 2. The van der Waals surface area contributed by atoms with Gasteiger partial charge in [-0.1, -0.05) is 17.7 Å². The zero-order chi connectivity index (χ0) is 23.5. The third kappa shape index (κ3) is 4.56. The predicted molar refractivity (Wildman–Crippen MR) is 123 cm³/mol. The Labute approximate surface area is 193 Å². The van der Waals surface area contributed by atoms with E-state index in [2.05, 4.69) is 10.6 Å². The Kier molecular flexibility index (Phi) is 6.10. The van der Waals surface area contributed by atoms with Crippen molar-refractivity contribution in [3.8, 4) is 5.75 Å². The normalized spacial score (nSPS) is 13.4. The van der Waals surface area contributed by atoms with Crippen LogP contribution in [0.1, 0.15) is 10.4 Å². The van der Waals surface area contributed by atoms with E-state index in [-0.39, 0.29) is 22.3 Å². The minimum atomic E-state index is -0.732. The van der Waals surface area contributed by atoms with Crippen molar-refractivity contribution in [3.05, 3.63) is 94.9 Å². The van der Waals surface area contributed by atoms with Gasteiger partial charge in [0.1, 0.15) is 22.3 Å². The average Bonchev–Trinajstić information content (AvgIpc) is 3.03. The van der Waals surface area contributed by atoms with E-state index in [0.717, 1.165) is 17.0 Å². The summed E-state index contributed by atoms with van der Waals surface area (Å²) in [5.74, 6) is -1.63. The number of anilines is 3. The first-order valence-electron chi connectivity index (χ1n) is 9.74. The monoisotopic (exact) mass is 465 g/mol. The topological polar surface area (TPSA) is 87.7 Å². The van der Waals surface area contributed by atoms with Crippen LogP contribution in [0.15, 0.2) is 83.5 Å².